The molecule has 1 aromatic carbocycles. The van der Waals surface area contributed by atoms with Gasteiger partial charge in [0.25, 0.3) is 0 Å². The van der Waals surface area contributed by atoms with Crippen LogP contribution >= 0.6 is 15.9 Å². The van der Waals surface area contributed by atoms with Gasteiger partial charge in [0.2, 0.25) is 0 Å². The molecule has 1 aromatic heterocycles. The van der Waals surface area contributed by atoms with Crippen LogP contribution in [0.5, 0.6) is 0 Å². The fourth-order valence-corrected chi connectivity index (χ4v) is 1.52. The predicted molar refractivity (Wildman–Crippen MR) is 59.0 cm³/mol. The molecule has 0 amide bonds. The smallest absolute Gasteiger partial charge is 0.165 e. The minimum absolute atomic E-state index is 0.351. The Labute approximate surface area is 95.4 Å². The third kappa shape index (κ3) is 2.40. The summed E-state index contributed by atoms with van der Waals surface area (Å²) < 4.78 is 2.76. The lowest BCUT2D eigenvalue weighted by Crippen LogP contribution is -2.10. The second-order valence-electron chi connectivity index (χ2n) is 3.08. The van der Waals surface area contributed by atoms with Gasteiger partial charge in [0.15, 0.2) is 5.82 Å². The maximum Gasteiger partial charge on any atom is 0.165 e. The van der Waals surface area contributed by atoms with Crippen LogP contribution in [-0.2, 0) is 13.1 Å². The van der Waals surface area contributed by atoms with Crippen LogP contribution in [0.1, 0.15) is 11.4 Å². The Morgan fingerprint density at radius 2 is 2.00 bits per heavy atom. The molecule has 0 aliphatic carbocycles. The maximum absolute atomic E-state index is 5.50. The summed E-state index contributed by atoms with van der Waals surface area (Å²) in [4.78, 5) is 0. The molecule has 0 spiro atoms. The molecule has 0 bridgehead atoms. The number of halogens is 1. The molecule has 0 saturated heterocycles. The molecule has 1 heterocycles. The van der Waals surface area contributed by atoms with Crippen LogP contribution in [0.25, 0.3) is 0 Å². The van der Waals surface area contributed by atoms with Crippen molar-refractivity contribution in [1.29, 1.82) is 0 Å². The summed E-state index contributed by atoms with van der Waals surface area (Å²) in [6.07, 6.45) is 0. The maximum atomic E-state index is 5.50. The summed E-state index contributed by atoms with van der Waals surface area (Å²) in [6.45, 7) is 0.996. The molecule has 0 radical (unpaired) electrons. The van der Waals surface area contributed by atoms with Crippen molar-refractivity contribution in [2.24, 2.45) is 5.73 Å². The third-order valence-corrected chi connectivity index (χ3v) is 2.56. The lowest BCUT2D eigenvalue weighted by molar-refractivity contribution is 0.619. The van der Waals surface area contributed by atoms with E-state index in [1.54, 1.807) is 4.68 Å². The number of benzene rings is 1. The average molecular weight is 268 g/mol. The van der Waals surface area contributed by atoms with Gasteiger partial charge in [-0.05, 0) is 28.1 Å². The number of aromatic nitrogens is 4. The molecule has 5 nitrogen and oxygen atoms in total. The molecule has 6 heteroatoms. The zero-order valence-corrected chi connectivity index (χ0v) is 9.55. The van der Waals surface area contributed by atoms with Gasteiger partial charge in [0.05, 0.1) is 13.1 Å². The molecule has 0 unspecified atom stereocenters. The monoisotopic (exact) mass is 267 g/mol. The quantitative estimate of drug-likeness (QED) is 0.899. The van der Waals surface area contributed by atoms with E-state index in [-0.39, 0.29) is 0 Å². The fourth-order valence-electron chi connectivity index (χ4n) is 1.25. The van der Waals surface area contributed by atoms with Crippen molar-refractivity contribution in [1.82, 2.24) is 20.2 Å². The Bertz CT molecular complexity index is 436. The van der Waals surface area contributed by atoms with Gasteiger partial charge in [-0.3, -0.25) is 0 Å². The van der Waals surface area contributed by atoms with Crippen LogP contribution in [0.2, 0.25) is 0 Å². The molecule has 15 heavy (non-hydrogen) atoms. The Morgan fingerprint density at radius 3 is 2.67 bits per heavy atom. The van der Waals surface area contributed by atoms with Gasteiger partial charge in [-0.25, -0.2) is 4.68 Å². The van der Waals surface area contributed by atoms with Gasteiger partial charge < -0.3 is 5.73 Å². The molecule has 2 rings (SSSR count). The summed E-state index contributed by atoms with van der Waals surface area (Å²) in [6, 6.07) is 8.02. The highest BCUT2D eigenvalue weighted by Crippen LogP contribution is 2.11. The van der Waals surface area contributed by atoms with E-state index in [9.17, 15) is 0 Å². The van der Waals surface area contributed by atoms with E-state index in [1.807, 2.05) is 24.3 Å². The Balaban J connectivity index is 2.18. The molecule has 0 aliphatic heterocycles. The summed E-state index contributed by atoms with van der Waals surface area (Å²) in [5.41, 5.74) is 6.64. The topological polar surface area (TPSA) is 69.6 Å². The van der Waals surface area contributed by atoms with Crippen LogP contribution in [0.4, 0.5) is 0 Å². The van der Waals surface area contributed by atoms with E-state index in [2.05, 4.69) is 31.5 Å². The van der Waals surface area contributed by atoms with Crippen LogP contribution < -0.4 is 5.73 Å². The van der Waals surface area contributed by atoms with Gasteiger partial charge in [-0.2, -0.15) is 0 Å². The molecule has 2 aromatic rings. The zero-order chi connectivity index (χ0) is 10.7. The summed E-state index contributed by atoms with van der Waals surface area (Å²) >= 11 is 3.38. The van der Waals surface area contributed by atoms with Crippen molar-refractivity contribution in [2.45, 2.75) is 13.1 Å². The largest absolute Gasteiger partial charge is 0.324 e. The minimum Gasteiger partial charge on any atom is -0.324 e. The lowest BCUT2D eigenvalue weighted by atomic mass is 10.2. The van der Waals surface area contributed by atoms with Crippen LogP contribution in [-0.4, -0.2) is 20.2 Å². The molecular formula is C9H10BrN5. The van der Waals surface area contributed by atoms with Crippen molar-refractivity contribution in [3.05, 3.63) is 40.1 Å². The van der Waals surface area contributed by atoms with Crippen LogP contribution in [0.15, 0.2) is 28.7 Å². The second-order valence-corrected chi connectivity index (χ2v) is 4.00. The highest BCUT2D eigenvalue weighted by Gasteiger charge is 2.03. The van der Waals surface area contributed by atoms with Gasteiger partial charge >= 0.3 is 0 Å². The minimum atomic E-state index is 0.351. The van der Waals surface area contributed by atoms with Gasteiger partial charge in [-0.15, -0.1) is 5.10 Å². The standard InChI is InChI=1S/C9H10BrN5/c10-8-3-1-7(2-4-8)6-15-9(5-11)12-13-14-15/h1-4H,5-6,11H2. The first-order valence-corrected chi connectivity index (χ1v) is 5.28. The Kier molecular flexibility index (Phi) is 3.08. The van der Waals surface area contributed by atoms with Crippen LogP contribution in [0, 0.1) is 0 Å². The SMILES string of the molecule is NCc1nnnn1Cc1ccc(Br)cc1. The number of nitrogens with two attached hydrogens (primary N) is 1. The third-order valence-electron chi connectivity index (χ3n) is 2.03. The van der Waals surface area contributed by atoms with Gasteiger partial charge in [0.1, 0.15) is 0 Å². The Morgan fingerprint density at radius 1 is 1.27 bits per heavy atom. The summed E-state index contributed by atoms with van der Waals surface area (Å²) in [5, 5.41) is 11.3. The number of hydrogen-bond donors (Lipinski definition) is 1. The van der Waals surface area contributed by atoms with Gasteiger partial charge in [-0.1, -0.05) is 28.1 Å². The lowest BCUT2D eigenvalue weighted by Gasteiger charge is -2.03. The number of hydrogen-bond acceptors (Lipinski definition) is 4. The highest BCUT2D eigenvalue weighted by atomic mass is 79.9. The van der Waals surface area contributed by atoms with E-state index in [4.69, 9.17) is 5.73 Å². The normalized spacial score (nSPS) is 10.5. The first-order valence-electron chi connectivity index (χ1n) is 4.49. The average Bonchev–Trinajstić information content (AvgIpc) is 2.69. The van der Waals surface area contributed by atoms with E-state index in [1.165, 1.54) is 0 Å². The van der Waals surface area contributed by atoms with Crippen molar-refractivity contribution in [3.63, 3.8) is 0 Å². The van der Waals surface area contributed by atoms with Crippen molar-refractivity contribution in [3.8, 4) is 0 Å². The second kappa shape index (κ2) is 4.50. The first kappa shape index (κ1) is 10.3. The number of rotatable bonds is 3. The van der Waals surface area contributed by atoms with Crippen molar-refractivity contribution < 1.29 is 0 Å². The molecule has 0 fully saturated rings. The molecule has 0 saturated carbocycles. The molecule has 78 valence electrons. The van der Waals surface area contributed by atoms with E-state index in [0.29, 0.717) is 18.9 Å². The fraction of sp³-hybridized carbons (Fsp3) is 0.222. The Hall–Kier alpha value is -1.27. The molecular weight excluding hydrogens is 258 g/mol. The molecule has 0 atom stereocenters. The van der Waals surface area contributed by atoms with Gasteiger partial charge in [0, 0.05) is 4.47 Å². The molecule has 2 N–H and O–H groups in total. The zero-order valence-electron chi connectivity index (χ0n) is 7.97. The highest BCUT2D eigenvalue weighted by molar-refractivity contribution is 9.10. The van der Waals surface area contributed by atoms with E-state index >= 15 is 0 Å². The number of tetrazole rings is 1. The molecule has 0 aliphatic rings. The summed E-state index contributed by atoms with van der Waals surface area (Å²) in [5.74, 6) is 0.693. The van der Waals surface area contributed by atoms with E-state index in [0.717, 1.165) is 10.0 Å². The van der Waals surface area contributed by atoms with Crippen molar-refractivity contribution >= 4 is 15.9 Å². The predicted octanol–water partition coefficient (Wildman–Crippen LogP) is 0.943. The van der Waals surface area contributed by atoms with E-state index < -0.39 is 0 Å². The van der Waals surface area contributed by atoms with Crippen LogP contribution in [0.3, 0.4) is 0 Å². The van der Waals surface area contributed by atoms with Crippen molar-refractivity contribution in [2.75, 3.05) is 0 Å². The first-order chi connectivity index (χ1) is 7.29. The summed E-state index contributed by atoms with van der Waals surface area (Å²) in [7, 11) is 0. The number of nitrogens with zero attached hydrogens (tertiary/aromatic N) is 4.